The number of fused-ring (bicyclic) bond motifs is 2. The second-order valence-corrected chi connectivity index (χ2v) is 9.10. The smallest absolute Gasteiger partial charge is 0.207 e. The van der Waals surface area contributed by atoms with Crippen LogP contribution in [0.15, 0.2) is 76.8 Å². The van der Waals surface area contributed by atoms with Crippen molar-refractivity contribution in [2.75, 3.05) is 7.11 Å². The second-order valence-electron chi connectivity index (χ2n) is 7.18. The Balaban J connectivity index is 1.69. The molecule has 3 aromatic heterocycles. The molecule has 30 heavy (non-hydrogen) atoms. The number of aromatic nitrogens is 3. The first-order chi connectivity index (χ1) is 14.5. The van der Waals surface area contributed by atoms with E-state index in [1.54, 1.807) is 37.4 Å². The average Bonchev–Trinajstić information content (AvgIpc) is 3.36. The van der Waals surface area contributed by atoms with Gasteiger partial charge in [0.1, 0.15) is 11.4 Å². The van der Waals surface area contributed by atoms with Gasteiger partial charge in [-0.15, -0.1) is 0 Å². The molecule has 0 aliphatic heterocycles. The summed E-state index contributed by atoms with van der Waals surface area (Å²) in [5, 5.41) is 1.54. The summed E-state index contributed by atoms with van der Waals surface area (Å²) in [5.74, 6) is 0.750. The maximum absolute atomic E-state index is 13.3. The van der Waals surface area contributed by atoms with Crippen molar-refractivity contribution in [3.05, 3.63) is 72.6 Å². The maximum Gasteiger partial charge on any atom is 0.207 e. The van der Waals surface area contributed by atoms with Gasteiger partial charge in [-0.2, -0.15) is 0 Å². The fraction of sp³-hybridized carbons (Fsp3) is 0.0870. The summed E-state index contributed by atoms with van der Waals surface area (Å²) in [6.45, 7) is 1.93. The predicted octanol–water partition coefficient (Wildman–Crippen LogP) is 4.86. The lowest BCUT2D eigenvalue weighted by atomic mass is 10.1. The van der Waals surface area contributed by atoms with E-state index in [1.807, 2.05) is 37.4 Å². The molecule has 0 radical (unpaired) electrons. The SMILES string of the molecule is COc1ccc2[nH]cc(-c3cc4c(S(=O)(=O)c5ccc(C)cc5)ccnc4[nH]3)c2c1. The summed E-state index contributed by atoms with van der Waals surface area (Å²) in [6.07, 6.45) is 3.41. The Hall–Kier alpha value is -3.58. The van der Waals surface area contributed by atoms with E-state index in [9.17, 15) is 8.42 Å². The highest BCUT2D eigenvalue weighted by Crippen LogP contribution is 2.35. The quantitative estimate of drug-likeness (QED) is 0.437. The van der Waals surface area contributed by atoms with E-state index in [-0.39, 0.29) is 9.79 Å². The number of nitrogens with zero attached hydrogens (tertiary/aromatic N) is 1. The topological polar surface area (TPSA) is 87.8 Å². The van der Waals surface area contributed by atoms with Crippen LogP contribution in [0.2, 0.25) is 0 Å². The van der Waals surface area contributed by atoms with Gasteiger partial charge >= 0.3 is 0 Å². The highest BCUT2D eigenvalue weighted by atomic mass is 32.2. The predicted molar refractivity (Wildman–Crippen MR) is 117 cm³/mol. The number of pyridine rings is 1. The zero-order valence-electron chi connectivity index (χ0n) is 16.4. The third-order valence-electron chi connectivity index (χ3n) is 5.29. The molecule has 0 amide bonds. The molecular weight excluding hydrogens is 398 g/mol. The Morgan fingerprint density at radius 2 is 1.77 bits per heavy atom. The molecule has 5 aromatic rings. The Kier molecular flexibility index (Phi) is 4.15. The van der Waals surface area contributed by atoms with Gasteiger partial charge in [0.2, 0.25) is 9.84 Å². The number of H-pyrrole nitrogens is 2. The Bertz CT molecular complexity index is 1500. The normalized spacial score (nSPS) is 11.9. The number of aryl methyl sites for hydroxylation is 1. The molecule has 6 nitrogen and oxygen atoms in total. The molecule has 0 aliphatic carbocycles. The van der Waals surface area contributed by atoms with Crippen molar-refractivity contribution in [3.63, 3.8) is 0 Å². The first-order valence-electron chi connectivity index (χ1n) is 9.42. The lowest BCUT2D eigenvalue weighted by Crippen LogP contribution is -2.02. The molecule has 7 heteroatoms. The van der Waals surface area contributed by atoms with E-state index in [2.05, 4.69) is 15.0 Å². The van der Waals surface area contributed by atoms with Crippen molar-refractivity contribution in [2.24, 2.45) is 0 Å². The van der Waals surface area contributed by atoms with Crippen LogP contribution in [0.1, 0.15) is 5.56 Å². The van der Waals surface area contributed by atoms with E-state index in [0.29, 0.717) is 11.0 Å². The van der Waals surface area contributed by atoms with Crippen LogP contribution in [0.4, 0.5) is 0 Å². The number of methoxy groups -OCH3 is 1. The Morgan fingerprint density at radius 1 is 0.967 bits per heavy atom. The van der Waals surface area contributed by atoms with Gasteiger partial charge in [0.05, 0.1) is 16.9 Å². The third kappa shape index (κ3) is 2.86. The summed E-state index contributed by atoms with van der Waals surface area (Å²) < 4.78 is 31.9. The lowest BCUT2D eigenvalue weighted by Gasteiger charge is -2.06. The standard InChI is InChI=1S/C23H19N3O3S/c1-14-3-6-16(7-4-14)30(27,28)22-9-10-24-23-18(22)12-21(26-23)19-13-25-20-8-5-15(29-2)11-17(19)20/h3-13,25H,1-2H3,(H,24,26). The van der Waals surface area contributed by atoms with Crippen LogP contribution >= 0.6 is 0 Å². The molecule has 0 atom stereocenters. The van der Waals surface area contributed by atoms with Gasteiger partial charge in [-0.05, 0) is 49.4 Å². The van der Waals surface area contributed by atoms with Gasteiger partial charge in [-0.1, -0.05) is 17.7 Å². The summed E-state index contributed by atoms with van der Waals surface area (Å²) in [6, 6.07) is 16.0. The number of benzene rings is 2. The van der Waals surface area contributed by atoms with Crippen molar-refractivity contribution in [2.45, 2.75) is 16.7 Å². The highest BCUT2D eigenvalue weighted by Gasteiger charge is 2.22. The van der Waals surface area contributed by atoms with E-state index in [4.69, 9.17) is 4.74 Å². The number of nitrogens with one attached hydrogen (secondary N) is 2. The summed E-state index contributed by atoms with van der Waals surface area (Å²) >= 11 is 0. The van der Waals surface area contributed by atoms with Crippen LogP contribution in [0.25, 0.3) is 33.2 Å². The molecule has 2 aromatic carbocycles. The molecule has 2 N–H and O–H groups in total. The van der Waals surface area contributed by atoms with Crippen molar-refractivity contribution in [3.8, 4) is 17.0 Å². The van der Waals surface area contributed by atoms with Gasteiger partial charge in [0.25, 0.3) is 0 Å². The molecule has 0 saturated heterocycles. The summed E-state index contributed by atoms with van der Waals surface area (Å²) in [7, 11) is -2.05. The van der Waals surface area contributed by atoms with Crippen molar-refractivity contribution < 1.29 is 13.2 Å². The van der Waals surface area contributed by atoms with Gasteiger partial charge in [0.15, 0.2) is 0 Å². The average molecular weight is 417 g/mol. The minimum Gasteiger partial charge on any atom is -0.497 e. The molecule has 5 rings (SSSR count). The largest absolute Gasteiger partial charge is 0.497 e. The minimum atomic E-state index is -3.68. The molecule has 0 fully saturated rings. The number of rotatable bonds is 4. The van der Waals surface area contributed by atoms with Crippen molar-refractivity contribution in [1.82, 2.24) is 15.0 Å². The number of aromatic amines is 2. The summed E-state index contributed by atoms with van der Waals surface area (Å²) in [4.78, 5) is 11.4. The molecule has 0 bridgehead atoms. The second kappa shape index (κ2) is 6.74. The fourth-order valence-electron chi connectivity index (χ4n) is 3.68. The van der Waals surface area contributed by atoms with Crippen molar-refractivity contribution in [1.29, 1.82) is 0 Å². The zero-order valence-corrected chi connectivity index (χ0v) is 17.2. The summed E-state index contributed by atoms with van der Waals surface area (Å²) in [5.41, 5.74) is 4.19. The van der Waals surface area contributed by atoms with E-state index < -0.39 is 9.84 Å². The van der Waals surface area contributed by atoms with Gasteiger partial charge in [0, 0.05) is 39.9 Å². The van der Waals surface area contributed by atoms with E-state index >= 15 is 0 Å². The zero-order chi connectivity index (χ0) is 20.9. The lowest BCUT2D eigenvalue weighted by molar-refractivity contribution is 0.415. The third-order valence-corrected chi connectivity index (χ3v) is 7.12. The van der Waals surface area contributed by atoms with Gasteiger partial charge in [-0.25, -0.2) is 13.4 Å². The Morgan fingerprint density at radius 3 is 2.53 bits per heavy atom. The van der Waals surface area contributed by atoms with Crippen LogP contribution in [0.3, 0.4) is 0 Å². The molecule has 150 valence electrons. The van der Waals surface area contributed by atoms with Crippen LogP contribution in [0, 0.1) is 6.92 Å². The molecular formula is C23H19N3O3S. The molecule has 3 heterocycles. The molecule has 0 aliphatic rings. The monoisotopic (exact) mass is 417 g/mol. The van der Waals surface area contributed by atoms with Gasteiger partial charge in [-0.3, -0.25) is 0 Å². The van der Waals surface area contributed by atoms with Crippen LogP contribution < -0.4 is 4.74 Å². The van der Waals surface area contributed by atoms with Crippen molar-refractivity contribution >= 4 is 31.8 Å². The fourth-order valence-corrected chi connectivity index (χ4v) is 5.11. The van der Waals surface area contributed by atoms with E-state index in [1.165, 1.54) is 6.20 Å². The Labute approximate surface area is 173 Å². The molecule has 0 spiro atoms. The first kappa shape index (κ1) is 18.4. The number of hydrogen-bond acceptors (Lipinski definition) is 4. The maximum atomic E-state index is 13.3. The van der Waals surface area contributed by atoms with Crippen LogP contribution in [-0.4, -0.2) is 30.5 Å². The number of hydrogen-bond donors (Lipinski definition) is 2. The van der Waals surface area contributed by atoms with E-state index in [0.717, 1.165) is 33.5 Å². The number of sulfone groups is 1. The van der Waals surface area contributed by atoms with Crippen LogP contribution in [-0.2, 0) is 9.84 Å². The minimum absolute atomic E-state index is 0.233. The molecule has 0 unspecified atom stereocenters. The van der Waals surface area contributed by atoms with Gasteiger partial charge < -0.3 is 14.7 Å². The highest BCUT2D eigenvalue weighted by molar-refractivity contribution is 7.91. The number of ether oxygens (including phenoxy) is 1. The molecule has 0 saturated carbocycles. The first-order valence-corrected chi connectivity index (χ1v) is 10.9. The van der Waals surface area contributed by atoms with Crippen LogP contribution in [0.5, 0.6) is 5.75 Å².